The predicted molar refractivity (Wildman–Crippen MR) is 84.9 cm³/mol. The Balaban J connectivity index is 2.37. The summed E-state index contributed by atoms with van der Waals surface area (Å²) in [4.78, 5) is 4.07. The van der Waals surface area contributed by atoms with Crippen LogP contribution in [0.3, 0.4) is 0 Å². The van der Waals surface area contributed by atoms with Gasteiger partial charge < -0.3 is 0 Å². The predicted octanol–water partition coefficient (Wildman–Crippen LogP) is 3.10. The summed E-state index contributed by atoms with van der Waals surface area (Å²) >= 11 is 0. The van der Waals surface area contributed by atoms with Gasteiger partial charge in [0.1, 0.15) is 0 Å². The molecule has 0 aromatic carbocycles. The Labute approximate surface area is 127 Å². The molecule has 21 heavy (non-hydrogen) atoms. The maximum atomic E-state index is 12.5. The van der Waals surface area contributed by atoms with Crippen LogP contribution >= 0.6 is 0 Å². The van der Waals surface area contributed by atoms with E-state index in [-0.39, 0.29) is 5.75 Å². The molecule has 0 amide bonds. The highest BCUT2D eigenvalue weighted by Gasteiger charge is 2.23. The number of allylic oxidation sites excluding steroid dienone is 3. The highest BCUT2D eigenvalue weighted by atomic mass is 32.2. The molecule has 0 fully saturated rings. The molecule has 0 aliphatic heterocycles. The van der Waals surface area contributed by atoms with Crippen molar-refractivity contribution in [3.05, 3.63) is 54.0 Å². The van der Waals surface area contributed by atoms with Crippen LogP contribution in [0.1, 0.15) is 32.3 Å². The molecule has 1 atom stereocenters. The number of rotatable bonds is 5. The number of pyridine rings is 1. The summed E-state index contributed by atoms with van der Waals surface area (Å²) in [5, 5.41) is 0. The van der Waals surface area contributed by atoms with Crippen molar-refractivity contribution in [1.82, 2.24) is 9.29 Å². The van der Waals surface area contributed by atoms with Gasteiger partial charge in [-0.2, -0.15) is 0 Å². The Morgan fingerprint density at radius 1 is 1.43 bits per heavy atom. The van der Waals surface area contributed by atoms with Gasteiger partial charge in [-0.1, -0.05) is 25.1 Å². The number of hydrogen-bond donors (Lipinski definition) is 0. The Morgan fingerprint density at radius 3 is 2.90 bits per heavy atom. The largest absolute Gasteiger partial charge is 0.266 e. The van der Waals surface area contributed by atoms with Crippen molar-refractivity contribution >= 4 is 10.0 Å². The van der Waals surface area contributed by atoms with Crippen LogP contribution in [0.15, 0.2) is 48.5 Å². The maximum Gasteiger partial charge on any atom is 0.235 e. The average molecular weight is 306 g/mol. The molecule has 1 heterocycles. The molecule has 0 bridgehead atoms. The quantitative estimate of drug-likeness (QED) is 0.840. The molecule has 0 N–H and O–H groups in total. The molecule has 0 saturated carbocycles. The van der Waals surface area contributed by atoms with E-state index in [9.17, 15) is 8.42 Å². The minimum absolute atomic E-state index is 0.0901. The van der Waals surface area contributed by atoms with E-state index >= 15 is 0 Å². The van der Waals surface area contributed by atoms with E-state index in [1.54, 1.807) is 19.3 Å². The zero-order chi connectivity index (χ0) is 15.3. The summed E-state index contributed by atoms with van der Waals surface area (Å²) < 4.78 is 26.4. The van der Waals surface area contributed by atoms with Gasteiger partial charge in [0, 0.05) is 18.1 Å². The van der Waals surface area contributed by atoms with Crippen LogP contribution in [0.25, 0.3) is 0 Å². The van der Waals surface area contributed by atoms with Gasteiger partial charge in [0.25, 0.3) is 0 Å². The SMILES string of the molecule is CCS(=O)(=O)N(Cc1cccnc1)C1=CC(C)CCC=C1. The standard InChI is InChI=1S/C16H22N2O2S/c1-3-21(19,20)18(13-15-8-6-10-17-12-15)16-9-5-4-7-14(2)11-16/h5-6,8-12,14H,3-4,7,13H2,1-2H3. The fourth-order valence-electron chi connectivity index (χ4n) is 2.32. The van der Waals surface area contributed by atoms with Gasteiger partial charge in [0.15, 0.2) is 0 Å². The first-order valence-electron chi connectivity index (χ1n) is 7.30. The molecule has 0 saturated heterocycles. The van der Waals surface area contributed by atoms with Gasteiger partial charge in [-0.05, 0) is 43.4 Å². The first-order valence-corrected chi connectivity index (χ1v) is 8.91. The molecule has 0 spiro atoms. The molecule has 2 rings (SSSR count). The molecule has 1 aliphatic rings. The Bertz CT molecular complexity index is 621. The van der Waals surface area contributed by atoms with Crippen molar-refractivity contribution in [2.75, 3.05) is 5.75 Å². The summed E-state index contributed by atoms with van der Waals surface area (Å²) in [6, 6.07) is 3.72. The Morgan fingerprint density at radius 2 is 2.24 bits per heavy atom. The minimum Gasteiger partial charge on any atom is -0.266 e. The lowest BCUT2D eigenvalue weighted by Crippen LogP contribution is -2.31. The highest BCUT2D eigenvalue weighted by Crippen LogP contribution is 2.23. The number of hydrogen-bond acceptors (Lipinski definition) is 3. The summed E-state index contributed by atoms with van der Waals surface area (Å²) in [6.45, 7) is 4.12. The lowest BCUT2D eigenvalue weighted by molar-refractivity contribution is 0.477. The smallest absolute Gasteiger partial charge is 0.235 e. The van der Waals surface area contributed by atoms with Crippen LogP contribution < -0.4 is 0 Å². The minimum atomic E-state index is -3.31. The van der Waals surface area contributed by atoms with Crippen LogP contribution in [-0.4, -0.2) is 23.5 Å². The topological polar surface area (TPSA) is 50.3 Å². The van der Waals surface area contributed by atoms with Gasteiger partial charge >= 0.3 is 0 Å². The number of sulfonamides is 1. The van der Waals surface area contributed by atoms with Crippen molar-refractivity contribution in [1.29, 1.82) is 0 Å². The average Bonchev–Trinajstić information content (AvgIpc) is 2.70. The molecule has 1 aromatic rings. The first-order chi connectivity index (χ1) is 10.0. The summed E-state index contributed by atoms with van der Waals surface area (Å²) in [7, 11) is -3.31. The number of aromatic nitrogens is 1. The first kappa shape index (κ1) is 15.8. The van der Waals surface area contributed by atoms with E-state index in [0.29, 0.717) is 12.5 Å². The monoisotopic (exact) mass is 306 g/mol. The molecule has 1 unspecified atom stereocenters. The summed E-state index contributed by atoms with van der Waals surface area (Å²) in [6.07, 6.45) is 11.5. The maximum absolute atomic E-state index is 12.5. The van der Waals surface area contributed by atoms with E-state index in [1.165, 1.54) is 4.31 Å². The van der Waals surface area contributed by atoms with Crippen molar-refractivity contribution < 1.29 is 8.42 Å². The molecule has 4 nitrogen and oxygen atoms in total. The third-order valence-electron chi connectivity index (χ3n) is 3.57. The van der Waals surface area contributed by atoms with Crippen LogP contribution in [0.5, 0.6) is 0 Å². The molecule has 114 valence electrons. The Hall–Kier alpha value is -1.62. The zero-order valence-electron chi connectivity index (χ0n) is 12.6. The second kappa shape index (κ2) is 6.89. The van der Waals surface area contributed by atoms with Gasteiger partial charge in [-0.15, -0.1) is 0 Å². The zero-order valence-corrected chi connectivity index (χ0v) is 13.4. The van der Waals surface area contributed by atoms with Crippen LogP contribution in [0.4, 0.5) is 0 Å². The van der Waals surface area contributed by atoms with Gasteiger partial charge in [0.2, 0.25) is 10.0 Å². The van der Waals surface area contributed by atoms with Crippen LogP contribution in [-0.2, 0) is 16.6 Å². The normalized spacial score (nSPS) is 19.0. The van der Waals surface area contributed by atoms with E-state index in [0.717, 1.165) is 24.1 Å². The van der Waals surface area contributed by atoms with E-state index in [1.807, 2.05) is 24.3 Å². The molecular weight excluding hydrogens is 284 g/mol. The molecular formula is C16H22N2O2S. The molecule has 0 radical (unpaired) electrons. The third kappa shape index (κ3) is 4.17. The second-order valence-electron chi connectivity index (χ2n) is 5.32. The fraction of sp³-hybridized carbons (Fsp3) is 0.438. The summed E-state index contributed by atoms with van der Waals surface area (Å²) in [5.74, 6) is 0.464. The van der Waals surface area contributed by atoms with Crippen molar-refractivity contribution in [2.45, 2.75) is 33.2 Å². The molecule has 5 heteroatoms. The van der Waals surface area contributed by atoms with Gasteiger partial charge in [0.05, 0.1) is 12.3 Å². The van der Waals surface area contributed by atoms with Crippen molar-refractivity contribution in [2.24, 2.45) is 5.92 Å². The highest BCUT2D eigenvalue weighted by molar-refractivity contribution is 7.89. The Kier molecular flexibility index (Phi) is 5.17. The lowest BCUT2D eigenvalue weighted by atomic mass is 10.1. The van der Waals surface area contributed by atoms with E-state index < -0.39 is 10.0 Å². The fourth-order valence-corrected chi connectivity index (χ4v) is 3.42. The van der Waals surface area contributed by atoms with Crippen LogP contribution in [0.2, 0.25) is 0 Å². The van der Waals surface area contributed by atoms with Gasteiger partial charge in [-0.25, -0.2) is 8.42 Å². The van der Waals surface area contributed by atoms with Crippen molar-refractivity contribution in [3.8, 4) is 0 Å². The van der Waals surface area contributed by atoms with Crippen molar-refractivity contribution in [3.63, 3.8) is 0 Å². The van der Waals surface area contributed by atoms with Crippen LogP contribution in [0, 0.1) is 5.92 Å². The molecule has 1 aromatic heterocycles. The summed E-state index contributed by atoms with van der Waals surface area (Å²) in [5.41, 5.74) is 1.66. The number of nitrogens with zero attached hydrogens (tertiary/aromatic N) is 2. The van der Waals surface area contributed by atoms with Gasteiger partial charge in [-0.3, -0.25) is 9.29 Å². The van der Waals surface area contributed by atoms with E-state index in [2.05, 4.69) is 18.0 Å². The van der Waals surface area contributed by atoms with E-state index in [4.69, 9.17) is 0 Å². The third-order valence-corrected chi connectivity index (χ3v) is 5.31. The second-order valence-corrected chi connectivity index (χ2v) is 7.50. The lowest BCUT2D eigenvalue weighted by Gasteiger charge is -2.25. The molecule has 1 aliphatic carbocycles.